The molecule has 1 aromatic carbocycles. The number of anilines is 1. The maximum atomic E-state index is 13.8. The molecule has 2 aromatic rings. The zero-order valence-corrected chi connectivity index (χ0v) is 10.6. The molecule has 2 rings (SSSR count). The number of hydrogen-bond acceptors (Lipinski definition) is 2. The predicted molar refractivity (Wildman–Crippen MR) is 70.1 cm³/mol. The topological polar surface area (TPSA) is 24.9 Å². The molecule has 1 N–H and O–H groups in total. The van der Waals surface area contributed by atoms with Gasteiger partial charge in [0.15, 0.2) is 0 Å². The zero-order valence-electron chi connectivity index (χ0n) is 10.6. The van der Waals surface area contributed by atoms with Crippen molar-refractivity contribution in [2.75, 3.05) is 12.4 Å². The first-order valence-corrected chi connectivity index (χ1v) is 5.82. The fourth-order valence-electron chi connectivity index (χ4n) is 2.02. The van der Waals surface area contributed by atoms with Crippen LogP contribution >= 0.6 is 0 Å². The van der Waals surface area contributed by atoms with Gasteiger partial charge in [-0.3, -0.25) is 0 Å². The number of nitrogens with one attached hydrogen (secondary N) is 1. The molecule has 0 fully saturated rings. The summed E-state index contributed by atoms with van der Waals surface area (Å²) in [7, 11) is 1.84. The van der Waals surface area contributed by atoms with Gasteiger partial charge in [-0.1, -0.05) is 19.9 Å². The molecule has 0 radical (unpaired) electrons. The molecular formula is C14H17FN2. The Morgan fingerprint density at radius 3 is 2.59 bits per heavy atom. The Hall–Kier alpha value is -1.64. The van der Waals surface area contributed by atoms with E-state index in [4.69, 9.17) is 0 Å². The van der Waals surface area contributed by atoms with Crippen molar-refractivity contribution >= 4 is 16.7 Å². The molecule has 0 unspecified atom stereocenters. The SMILES string of the molecule is CNc1nc2c(C)ccc(F)c2cc1C(C)C. The van der Waals surface area contributed by atoms with Crippen LogP contribution in [0.25, 0.3) is 10.9 Å². The minimum atomic E-state index is -0.206. The fraction of sp³-hybridized carbons (Fsp3) is 0.357. The van der Waals surface area contributed by atoms with Crippen LogP contribution in [0, 0.1) is 12.7 Å². The largest absolute Gasteiger partial charge is 0.373 e. The van der Waals surface area contributed by atoms with Crippen LogP contribution in [0.2, 0.25) is 0 Å². The van der Waals surface area contributed by atoms with E-state index in [1.807, 2.05) is 20.0 Å². The number of halogens is 1. The fourth-order valence-corrected chi connectivity index (χ4v) is 2.02. The number of pyridine rings is 1. The highest BCUT2D eigenvalue weighted by Crippen LogP contribution is 2.29. The average Bonchev–Trinajstić information content (AvgIpc) is 2.32. The summed E-state index contributed by atoms with van der Waals surface area (Å²) < 4.78 is 13.8. The van der Waals surface area contributed by atoms with Gasteiger partial charge in [0, 0.05) is 12.4 Å². The number of rotatable bonds is 2. The van der Waals surface area contributed by atoms with Gasteiger partial charge in [-0.2, -0.15) is 0 Å². The molecule has 0 amide bonds. The van der Waals surface area contributed by atoms with Crippen LogP contribution in [0.3, 0.4) is 0 Å². The molecule has 0 aliphatic heterocycles. The normalized spacial score (nSPS) is 11.2. The van der Waals surface area contributed by atoms with E-state index in [1.54, 1.807) is 6.07 Å². The van der Waals surface area contributed by atoms with Gasteiger partial charge in [-0.25, -0.2) is 9.37 Å². The summed E-state index contributed by atoms with van der Waals surface area (Å²) in [6.45, 7) is 6.11. The van der Waals surface area contributed by atoms with E-state index in [0.717, 1.165) is 22.5 Å². The van der Waals surface area contributed by atoms with Crippen LogP contribution in [-0.4, -0.2) is 12.0 Å². The van der Waals surface area contributed by atoms with E-state index >= 15 is 0 Å². The highest BCUT2D eigenvalue weighted by Gasteiger charge is 2.12. The molecule has 3 heteroatoms. The summed E-state index contributed by atoms with van der Waals surface area (Å²) in [4.78, 5) is 4.52. The van der Waals surface area contributed by atoms with Crippen LogP contribution in [0.4, 0.5) is 10.2 Å². The summed E-state index contributed by atoms with van der Waals surface area (Å²) in [5, 5.41) is 3.69. The lowest BCUT2D eigenvalue weighted by atomic mass is 10.0. The van der Waals surface area contributed by atoms with Crippen LogP contribution in [0.1, 0.15) is 30.9 Å². The molecule has 0 aliphatic carbocycles. The maximum Gasteiger partial charge on any atom is 0.132 e. The first-order chi connectivity index (χ1) is 8.04. The van der Waals surface area contributed by atoms with E-state index in [2.05, 4.69) is 24.1 Å². The van der Waals surface area contributed by atoms with Crippen molar-refractivity contribution in [1.29, 1.82) is 0 Å². The van der Waals surface area contributed by atoms with Gasteiger partial charge < -0.3 is 5.32 Å². The lowest BCUT2D eigenvalue weighted by Gasteiger charge is -2.14. The molecule has 17 heavy (non-hydrogen) atoms. The van der Waals surface area contributed by atoms with Gasteiger partial charge >= 0.3 is 0 Å². The van der Waals surface area contributed by atoms with Crippen LogP contribution in [0.15, 0.2) is 18.2 Å². The van der Waals surface area contributed by atoms with Crippen molar-refractivity contribution in [2.45, 2.75) is 26.7 Å². The molecule has 0 bridgehead atoms. The quantitative estimate of drug-likeness (QED) is 0.850. The van der Waals surface area contributed by atoms with Crippen molar-refractivity contribution in [3.63, 3.8) is 0 Å². The van der Waals surface area contributed by atoms with Gasteiger partial charge in [0.2, 0.25) is 0 Å². The summed E-state index contributed by atoms with van der Waals surface area (Å²) in [5.41, 5.74) is 2.77. The Morgan fingerprint density at radius 1 is 1.29 bits per heavy atom. The molecule has 0 atom stereocenters. The van der Waals surface area contributed by atoms with Gasteiger partial charge in [0.05, 0.1) is 5.52 Å². The lowest BCUT2D eigenvalue weighted by molar-refractivity contribution is 0.639. The van der Waals surface area contributed by atoms with Crippen LogP contribution in [-0.2, 0) is 0 Å². The van der Waals surface area contributed by atoms with Gasteiger partial charge in [-0.15, -0.1) is 0 Å². The summed E-state index contributed by atoms with van der Waals surface area (Å²) >= 11 is 0. The van der Waals surface area contributed by atoms with E-state index in [-0.39, 0.29) is 5.82 Å². The number of aromatic nitrogens is 1. The highest BCUT2D eigenvalue weighted by molar-refractivity contribution is 5.85. The minimum absolute atomic E-state index is 0.206. The van der Waals surface area contributed by atoms with Crippen LogP contribution < -0.4 is 5.32 Å². The van der Waals surface area contributed by atoms with E-state index < -0.39 is 0 Å². The van der Waals surface area contributed by atoms with Crippen molar-refractivity contribution in [3.8, 4) is 0 Å². The first kappa shape index (κ1) is 11.8. The lowest BCUT2D eigenvalue weighted by Crippen LogP contribution is -2.02. The molecule has 0 saturated heterocycles. The molecule has 2 nitrogen and oxygen atoms in total. The van der Waals surface area contributed by atoms with Crippen molar-refractivity contribution in [1.82, 2.24) is 4.98 Å². The summed E-state index contributed by atoms with van der Waals surface area (Å²) in [5.74, 6) is 0.943. The third kappa shape index (κ3) is 1.97. The smallest absolute Gasteiger partial charge is 0.132 e. The first-order valence-electron chi connectivity index (χ1n) is 5.82. The number of benzene rings is 1. The molecule has 0 aliphatic rings. The standard InChI is InChI=1S/C14H17FN2/c1-8(2)10-7-11-12(15)6-5-9(3)13(11)17-14(10)16-4/h5-8H,1-4H3,(H,16,17). The Morgan fingerprint density at radius 2 is 2.00 bits per heavy atom. The molecule has 1 aromatic heterocycles. The van der Waals surface area contributed by atoms with Gasteiger partial charge in [0.25, 0.3) is 0 Å². The molecular weight excluding hydrogens is 215 g/mol. The summed E-state index contributed by atoms with van der Waals surface area (Å²) in [6, 6.07) is 5.17. The number of aryl methyl sites for hydroxylation is 1. The van der Waals surface area contributed by atoms with Crippen molar-refractivity contribution in [3.05, 3.63) is 35.1 Å². The Balaban J connectivity index is 2.83. The zero-order chi connectivity index (χ0) is 12.6. The number of nitrogens with zero attached hydrogens (tertiary/aromatic N) is 1. The molecule has 0 spiro atoms. The van der Waals surface area contributed by atoms with Gasteiger partial charge in [-0.05, 0) is 36.1 Å². The Kier molecular flexibility index (Phi) is 3.01. The average molecular weight is 232 g/mol. The van der Waals surface area contributed by atoms with E-state index in [1.165, 1.54) is 6.07 Å². The highest BCUT2D eigenvalue weighted by atomic mass is 19.1. The Labute approximate surface area is 101 Å². The molecule has 90 valence electrons. The second-order valence-electron chi connectivity index (χ2n) is 4.59. The third-order valence-corrected chi connectivity index (χ3v) is 3.02. The number of hydrogen-bond donors (Lipinski definition) is 1. The second-order valence-corrected chi connectivity index (χ2v) is 4.59. The van der Waals surface area contributed by atoms with Gasteiger partial charge in [0.1, 0.15) is 11.6 Å². The predicted octanol–water partition coefficient (Wildman–Crippen LogP) is 3.85. The monoisotopic (exact) mass is 232 g/mol. The number of fused-ring (bicyclic) bond motifs is 1. The third-order valence-electron chi connectivity index (χ3n) is 3.02. The summed E-state index contributed by atoms with van der Waals surface area (Å²) in [6.07, 6.45) is 0. The van der Waals surface area contributed by atoms with Crippen molar-refractivity contribution < 1.29 is 4.39 Å². The minimum Gasteiger partial charge on any atom is -0.373 e. The molecule has 0 saturated carbocycles. The van der Waals surface area contributed by atoms with E-state index in [9.17, 15) is 4.39 Å². The Bertz CT molecular complexity index is 562. The van der Waals surface area contributed by atoms with Crippen LogP contribution in [0.5, 0.6) is 0 Å². The molecule has 1 heterocycles. The maximum absolute atomic E-state index is 13.8. The van der Waals surface area contributed by atoms with E-state index in [0.29, 0.717) is 11.3 Å². The second kappa shape index (κ2) is 4.32. The van der Waals surface area contributed by atoms with Crippen molar-refractivity contribution in [2.24, 2.45) is 0 Å².